The number of amides is 1. The number of anilines is 2. The second kappa shape index (κ2) is 5.01. The van der Waals surface area contributed by atoms with Gasteiger partial charge in [0.05, 0.1) is 0 Å². The zero-order valence-electron chi connectivity index (χ0n) is 11.9. The number of hydrogen-bond acceptors (Lipinski definition) is 4. The van der Waals surface area contributed by atoms with E-state index in [-0.39, 0.29) is 12.7 Å². The monoisotopic (exact) mass is 284 g/mol. The maximum Gasteiger partial charge on any atom is 0.255 e. The van der Waals surface area contributed by atoms with Crippen molar-refractivity contribution in [3.63, 3.8) is 0 Å². The topological polar surface area (TPSA) is 73.6 Å². The van der Waals surface area contributed by atoms with Gasteiger partial charge in [0.25, 0.3) is 5.91 Å². The van der Waals surface area contributed by atoms with E-state index in [1.54, 1.807) is 18.2 Å². The summed E-state index contributed by atoms with van der Waals surface area (Å²) in [5, 5.41) is 2.92. The lowest BCUT2D eigenvalue weighted by Crippen LogP contribution is -2.14. The standard InChI is InChI=1S/C16H16N2O3/c1-9-5-12(17)6-10(2)15(9)18-16(19)11-3-4-13-14(7-11)21-8-20-13/h3-7H,8,17H2,1-2H3,(H,18,19). The van der Waals surface area contributed by atoms with Crippen LogP contribution in [0.2, 0.25) is 0 Å². The van der Waals surface area contributed by atoms with Crippen molar-refractivity contribution >= 4 is 17.3 Å². The van der Waals surface area contributed by atoms with Gasteiger partial charge >= 0.3 is 0 Å². The van der Waals surface area contributed by atoms with Crippen LogP contribution in [-0.2, 0) is 0 Å². The molecule has 2 aromatic rings. The molecule has 0 radical (unpaired) electrons. The first-order valence-corrected chi connectivity index (χ1v) is 6.62. The number of nitrogens with two attached hydrogens (primary N) is 1. The van der Waals surface area contributed by atoms with Gasteiger partial charge in [-0.2, -0.15) is 0 Å². The fraction of sp³-hybridized carbons (Fsp3) is 0.188. The van der Waals surface area contributed by atoms with Crippen molar-refractivity contribution in [3.05, 3.63) is 47.0 Å². The van der Waals surface area contributed by atoms with E-state index in [9.17, 15) is 4.79 Å². The first kappa shape index (κ1) is 13.3. The van der Waals surface area contributed by atoms with Crippen molar-refractivity contribution in [2.45, 2.75) is 13.8 Å². The molecule has 1 heterocycles. The summed E-state index contributed by atoms with van der Waals surface area (Å²) in [6, 6.07) is 8.80. The molecule has 0 aromatic heterocycles. The molecule has 0 unspecified atom stereocenters. The third-order valence-corrected chi connectivity index (χ3v) is 3.43. The fourth-order valence-corrected chi connectivity index (χ4v) is 2.42. The average molecular weight is 284 g/mol. The van der Waals surface area contributed by atoms with Crippen molar-refractivity contribution < 1.29 is 14.3 Å². The fourth-order valence-electron chi connectivity index (χ4n) is 2.42. The highest BCUT2D eigenvalue weighted by molar-refractivity contribution is 6.05. The Morgan fingerprint density at radius 1 is 1.10 bits per heavy atom. The predicted octanol–water partition coefficient (Wildman–Crippen LogP) is 2.87. The third-order valence-electron chi connectivity index (χ3n) is 3.43. The molecular formula is C16H16N2O3. The summed E-state index contributed by atoms with van der Waals surface area (Å²) in [4.78, 5) is 12.4. The molecule has 0 spiro atoms. The van der Waals surface area contributed by atoms with E-state index < -0.39 is 0 Å². The molecule has 0 saturated carbocycles. The van der Waals surface area contributed by atoms with Crippen LogP contribution in [0.4, 0.5) is 11.4 Å². The molecule has 0 bridgehead atoms. The van der Waals surface area contributed by atoms with Gasteiger partial charge in [0.1, 0.15) is 0 Å². The molecule has 3 rings (SSSR count). The SMILES string of the molecule is Cc1cc(N)cc(C)c1NC(=O)c1ccc2c(c1)OCO2. The maximum atomic E-state index is 12.4. The van der Waals surface area contributed by atoms with Crippen LogP contribution < -0.4 is 20.5 Å². The van der Waals surface area contributed by atoms with Crippen molar-refractivity contribution in [3.8, 4) is 11.5 Å². The summed E-state index contributed by atoms with van der Waals surface area (Å²) in [5.41, 5.74) is 9.65. The molecule has 1 aliphatic rings. The highest BCUT2D eigenvalue weighted by Crippen LogP contribution is 2.33. The Morgan fingerprint density at radius 2 is 1.76 bits per heavy atom. The molecule has 108 valence electrons. The lowest BCUT2D eigenvalue weighted by molar-refractivity contribution is 0.102. The molecule has 5 heteroatoms. The number of nitrogens with one attached hydrogen (secondary N) is 1. The molecule has 2 aromatic carbocycles. The number of ether oxygens (including phenoxy) is 2. The molecule has 0 saturated heterocycles. The van der Waals surface area contributed by atoms with Crippen LogP contribution in [0.25, 0.3) is 0 Å². The molecule has 0 fully saturated rings. The summed E-state index contributed by atoms with van der Waals surface area (Å²) < 4.78 is 10.5. The van der Waals surface area contributed by atoms with Crippen LogP contribution in [0.15, 0.2) is 30.3 Å². The normalized spacial score (nSPS) is 12.3. The number of carbonyl (C=O) groups excluding carboxylic acids is 1. The van der Waals surface area contributed by atoms with Gasteiger partial charge in [-0.05, 0) is 55.3 Å². The lowest BCUT2D eigenvalue weighted by Gasteiger charge is -2.13. The minimum atomic E-state index is -0.190. The number of hydrogen-bond donors (Lipinski definition) is 2. The van der Waals surface area contributed by atoms with Crippen molar-refractivity contribution in [2.75, 3.05) is 17.8 Å². The molecule has 0 aliphatic carbocycles. The first-order valence-electron chi connectivity index (χ1n) is 6.62. The van der Waals surface area contributed by atoms with Crippen LogP contribution in [0.1, 0.15) is 21.5 Å². The van der Waals surface area contributed by atoms with E-state index in [1.165, 1.54) is 0 Å². The van der Waals surface area contributed by atoms with E-state index in [1.807, 2.05) is 26.0 Å². The van der Waals surface area contributed by atoms with Gasteiger partial charge in [0.2, 0.25) is 6.79 Å². The van der Waals surface area contributed by atoms with E-state index in [0.717, 1.165) is 16.8 Å². The summed E-state index contributed by atoms with van der Waals surface area (Å²) in [5.74, 6) is 1.06. The van der Waals surface area contributed by atoms with Crippen LogP contribution in [0.3, 0.4) is 0 Å². The molecule has 3 N–H and O–H groups in total. The van der Waals surface area contributed by atoms with E-state index in [0.29, 0.717) is 22.7 Å². The summed E-state index contributed by atoms with van der Waals surface area (Å²) in [6.07, 6.45) is 0. The third kappa shape index (κ3) is 2.50. The van der Waals surface area contributed by atoms with Gasteiger partial charge in [0, 0.05) is 16.9 Å². The highest BCUT2D eigenvalue weighted by Gasteiger charge is 2.17. The number of rotatable bonds is 2. The van der Waals surface area contributed by atoms with Crippen molar-refractivity contribution in [1.29, 1.82) is 0 Å². The molecule has 1 amide bonds. The Hall–Kier alpha value is -2.69. The van der Waals surface area contributed by atoms with E-state index in [4.69, 9.17) is 15.2 Å². The number of aryl methyl sites for hydroxylation is 2. The van der Waals surface area contributed by atoms with Crippen molar-refractivity contribution in [2.24, 2.45) is 0 Å². The van der Waals surface area contributed by atoms with Crippen LogP contribution >= 0.6 is 0 Å². The van der Waals surface area contributed by atoms with Gasteiger partial charge in [-0.1, -0.05) is 0 Å². The highest BCUT2D eigenvalue weighted by atomic mass is 16.7. The maximum absolute atomic E-state index is 12.4. The van der Waals surface area contributed by atoms with E-state index in [2.05, 4.69) is 5.32 Å². The van der Waals surface area contributed by atoms with E-state index >= 15 is 0 Å². The minimum absolute atomic E-state index is 0.190. The quantitative estimate of drug-likeness (QED) is 0.832. The number of carbonyl (C=O) groups is 1. The number of nitrogen functional groups attached to an aromatic ring is 1. The molecular weight excluding hydrogens is 268 g/mol. The zero-order chi connectivity index (χ0) is 15.0. The Bertz CT molecular complexity index is 702. The second-order valence-electron chi connectivity index (χ2n) is 5.05. The summed E-state index contributed by atoms with van der Waals surface area (Å²) in [6.45, 7) is 4.02. The average Bonchev–Trinajstić information content (AvgIpc) is 2.89. The minimum Gasteiger partial charge on any atom is -0.454 e. The summed E-state index contributed by atoms with van der Waals surface area (Å²) >= 11 is 0. The number of fused-ring (bicyclic) bond motifs is 1. The van der Waals surface area contributed by atoms with Gasteiger partial charge in [0.15, 0.2) is 11.5 Å². The smallest absolute Gasteiger partial charge is 0.255 e. The number of benzene rings is 2. The Morgan fingerprint density at radius 3 is 2.48 bits per heavy atom. The van der Waals surface area contributed by atoms with Crippen LogP contribution in [0, 0.1) is 13.8 Å². The summed E-state index contributed by atoms with van der Waals surface area (Å²) in [7, 11) is 0. The molecule has 5 nitrogen and oxygen atoms in total. The van der Waals surface area contributed by atoms with Crippen LogP contribution in [0.5, 0.6) is 11.5 Å². The van der Waals surface area contributed by atoms with Gasteiger partial charge in [-0.15, -0.1) is 0 Å². The second-order valence-corrected chi connectivity index (χ2v) is 5.05. The largest absolute Gasteiger partial charge is 0.454 e. The molecule has 21 heavy (non-hydrogen) atoms. The van der Waals surface area contributed by atoms with Crippen LogP contribution in [-0.4, -0.2) is 12.7 Å². The Labute approximate surface area is 122 Å². The van der Waals surface area contributed by atoms with Gasteiger partial charge in [-0.25, -0.2) is 0 Å². The zero-order valence-corrected chi connectivity index (χ0v) is 11.9. The Balaban J connectivity index is 1.87. The Kier molecular flexibility index (Phi) is 3.17. The first-order chi connectivity index (χ1) is 10.0. The van der Waals surface area contributed by atoms with Gasteiger partial charge < -0.3 is 20.5 Å². The molecule has 0 atom stereocenters. The predicted molar refractivity (Wildman–Crippen MR) is 80.8 cm³/mol. The van der Waals surface area contributed by atoms with Gasteiger partial charge in [-0.3, -0.25) is 4.79 Å². The molecule has 1 aliphatic heterocycles. The van der Waals surface area contributed by atoms with Crippen molar-refractivity contribution in [1.82, 2.24) is 0 Å². The lowest BCUT2D eigenvalue weighted by atomic mass is 10.1.